The molecule has 7 nitrogen and oxygen atoms in total. The van der Waals surface area contributed by atoms with Crippen LogP contribution >= 0.6 is 0 Å². The SMILES string of the molecule is COc1ccc(S(=O)(=O)NCCOCc2ccccc2)cc1N1CCCC1=O. The lowest BCUT2D eigenvalue weighted by molar-refractivity contribution is -0.117. The standard InChI is InChI=1S/C20H24N2O5S/c1-26-19-10-9-17(14-18(19)22-12-5-8-20(22)23)28(24,25)21-11-13-27-15-16-6-3-2-4-7-16/h2-4,6-7,9-10,14,21H,5,8,11-13,15H2,1H3. The van der Waals surface area contributed by atoms with Crippen LogP contribution in [0.15, 0.2) is 53.4 Å². The van der Waals surface area contributed by atoms with Gasteiger partial charge in [0.15, 0.2) is 0 Å². The van der Waals surface area contributed by atoms with E-state index in [0.717, 1.165) is 12.0 Å². The summed E-state index contributed by atoms with van der Waals surface area (Å²) in [5.74, 6) is 0.440. The minimum Gasteiger partial charge on any atom is -0.495 e. The highest BCUT2D eigenvalue weighted by atomic mass is 32.2. The van der Waals surface area contributed by atoms with Crippen LogP contribution in [-0.2, 0) is 26.2 Å². The molecule has 2 aromatic rings. The molecule has 3 rings (SSSR count). The van der Waals surface area contributed by atoms with Crippen molar-refractivity contribution < 1.29 is 22.7 Å². The monoisotopic (exact) mass is 404 g/mol. The number of ether oxygens (including phenoxy) is 2. The number of anilines is 1. The Morgan fingerprint density at radius 3 is 2.61 bits per heavy atom. The highest BCUT2D eigenvalue weighted by Crippen LogP contribution is 2.33. The average Bonchev–Trinajstić information content (AvgIpc) is 3.13. The van der Waals surface area contributed by atoms with Crippen molar-refractivity contribution in [2.24, 2.45) is 0 Å². The molecule has 1 N–H and O–H groups in total. The molecule has 1 fully saturated rings. The van der Waals surface area contributed by atoms with Crippen LogP contribution in [0.3, 0.4) is 0 Å². The van der Waals surface area contributed by atoms with E-state index in [1.807, 2.05) is 30.3 Å². The molecule has 0 spiro atoms. The smallest absolute Gasteiger partial charge is 0.240 e. The second-order valence-electron chi connectivity index (χ2n) is 6.42. The number of rotatable bonds is 9. The van der Waals surface area contributed by atoms with E-state index in [4.69, 9.17) is 9.47 Å². The summed E-state index contributed by atoms with van der Waals surface area (Å²) in [6, 6.07) is 14.2. The minimum absolute atomic E-state index is 0.0323. The molecule has 1 aliphatic heterocycles. The molecule has 1 amide bonds. The first-order chi connectivity index (χ1) is 13.5. The van der Waals surface area contributed by atoms with Crippen molar-refractivity contribution in [1.82, 2.24) is 4.72 Å². The van der Waals surface area contributed by atoms with E-state index in [9.17, 15) is 13.2 Å². The Kier molecular flexibility index (Phi) is 6.66. The van der Waals surface area contributed by atoms with E-state index in [2.05, 4.69) is 4.72 Å². The predicted molar refractivity (Wildman–Crippen MR) is 106 cm³/mol. The van der Waals surface area contributed by atoms with Gasteiger partial charge in [-0.25, -0.2) is 13.1 Å². The summed E-state index contributed by atoms with van der Waals surface area (Å²) in [4.78, 5) is 13.7. The van der Waals surface area contributed by atoms with Crippen molar-refractivity contribution in [2.45, 2.75) is 24.3 Å². The third-order valence-corrected chi connectivity index (χ3v) is 5.93. The van der Waals surface area contributed by atoms with Crippen molar-refractivity contribution in [2.75, 3.05) is 31.7 Å². The summed E-state index contributed by atoms with van der Waals surface area (Å²) in [6.07, 6.45) is 1.20. The van der Waals surface area contributed by atoms with Gasteiger partial charge in [-0.2, -0.15) is 0 Å². The van der Waals surface area contributed by atoms with Gasteiger partial charge >= 0.3 is 0 Å². The summed E-state index contributed by atoms with van der Waals surface area (Å²) in [7, 11) is -2.23. The van der Waals surface area contributed by atoms with E-state index >= 15 is 0 Å². The molecule has 28 heavy (non-hydrogen) atoms. The fourth-order valence-electron chi connectivity index (χ4n) is 3.05. The van der Waals surface area contributed by atoms with Crippen molar-refractivity contribution >= 4 is 21.6 Å². The Balaban J connectivity index is 1.62. The number of sulfonamides is 1. The summed E-state index contributed by atoms with van der Waals surface area (Å²) < 4.78 is 38.5. The van der Waals surface area contributed by atoms with Crippen LogP contribution in [0, 0.1) is 0 Å². The zero-order valence-electron chi connectivity index (χ0n) is 15.8. The molecule has 1 saturated heterocycles. The zero-order valence-corrected chi connectivity index (χ0v) is 16.6. The van der Waals surface area contributed by atoms with Gasteiger partial charge in [-0.05, 0) is 30.2 Å². The number of hydrogen-bond acceptors (Lipinski definition) is 5. The van der Waals surface area contributed by atoms with Gasteiger partial charge in [0.2, 0.25) is 15.9 Å². The fraction of sp³-hybridized carbons (Fsp3) is 0.350. The van der Waals surface area contributed by atoms with Crippen LogP contribution in [0.2, 0.25) is 0 Å². The largest absolute Gasteiger partial charge is 0.495 e. The summed E-state index contributed by atoms with van der Waals surface area (Å²) >= 11 is 0. The number of methoxy groups -OCH3 is 1. The fourth-order valence-corrected chi connectivity index (χ4v) is 4.08. The number of amides is 1. The lowest BCUT2D eigenvalue weighted by Crippen LogP contribution is -2.28. The Hall–Kier alpha value is -2.42. The summed E-state index contributed by atoms with van der Waals surface area (Å²) in [5, 5.41) is 0. The Labute approximate surface area is 165 Å². The van der Waals surface area contributed by atoms with Crippen molar-refractivity contribution in [3.8, 4) is 5.75 Å². The third kappa shape index (κ3) is 4.89. The van der Waals surface area contributed by atoms with Gasteiger partial charge in [0.1, 0.15) is 5.75 Å². The molecular formula is C20H24N2O5S. The topological polar surface area (TPSA) is 84.9 Å². The maximum absolute atomic E-state index is 12.6. The van der Waals surface area contributed by atoms with Crippen molar-refractivity contribution in [1.29, 1.82) is 0 Å². The Bertz CT molecular complexity index is 915. The van der Waals surface area contributed by atoms with E-state index in [1.54, 1.807) is 11.0 Å². The first kappa shape index (κ1) is 20.3. The van der Waals surface area contributed by atoms with Crippen LogP contribution in [0.1, 0.15) is 18.4 Å². The predicted octanol–water partition coefficient (Wildman–Crippen LogP) is 2.32. The molecule has 150 valence electrons. The molecule has 0 aliphatic carbocycles. The molecule has 1 aliphatic rings. The third-order valence-electron chi connectivity index (χ3n) is 4.47. The quantitative estimate of drug-likeness (QED) is 0.649. The van der Waals surface area contributed by atoms with Gasteiger partial charge in [-0.15, -0.1) is 0 Å². The van der Waals surface area contributed by atoms with E-state index in [-0.39, 0.29) is 24.0 Å². The Morgan fingerprint density at radius 2 is 1.93 bits per heavy atom. The molecule has 2 aromatic carbocycles. The number of carbonyl (C=O) groups excluding carboxylic acids is 1. The van der Waals surface area contributed by atoms with E-state index < -0.39 is 10.0 Å². The number of carbonyl (C=O) groups is 1. The van der Waals surface area contributed by atoms with Gasteiger partial charge < -0.3 is 14.4 Å². The molecule has 0 saturated carbocycles. The van der Waals surface area contributed by atoms with Gasteiger partial charge in [0, 0.05) is 19.5 Å². The summed E-state index contributed by atoms with van der Waals surface area (Å²) in [6.45, 7) is 1.38. The first-order valence-corrected chi connectivity index (χ1v) is 10.6. The zero-order chi connectivity index (χ0) is 20.0. The van der Waals surface area contributed by atoms with Crippen LogP contribution in [0.5, 0.6) is 5.75 Å². The molecule has 0 unspecified atom stereocenters. The summed E-state index contributed by atoms with van der Waals surface area (Å²) in [5.41, 5.74) is 1.51. The van der Waals surface area contributed by atoms with Gasteiger partial charge in [0.25, 0.3) is 0 Å². The average molecular weight is 404 g/mol. The molecule has 8 heteroatoms. The van der Waals surface area contributed by atoms with Crippen LogP contribution in [-0.4, -0.2) is 41.1 Å². The number of nitrogens with zero attached hydrogens (tertiary/aromatic N) is 1. The molecular weight excluding hydrogens is 380 g/mol. The Morgan fingerprint density at radius 1 is 1.14 bits per heavy atom. The molecule has 0 radical (unpaired) electrons. The number of benzene rings is 2. The lowest BCUT2D eigenvalue weighted by atomic mass is 10.2. The van der Waals surface area contributed by atoms with Gasteiger partial charge in [0.05, 0.1) is 30.9 Å². The van der Waals surface area contributed by atoms with Crippen molar-refractivity contribution in [3.63, 3.8) is 0 Å². The second kappa shape index (κ2) is 9.18. The normalized spacial score (nSPS) is 14.5. The second-order valence-corrected chi connectivity index (χ2v) is 8.19. The maximum Gasteiger partial charge on any atom is 0.240 e. The molecule has 0 atom stereocenters. The maximum atomic E-state index is 12.6. The van der Waals surface area contributed by atoms with Crippen LogP contribution in [0.4, 0.5) is 5.69 Å². The molecule has 1 heterocycles. The van der Waals surface area contributed by atoms with E-state index in [1.165, 1.54) is 19.2 Å². The molecule has 0 aromatic heterocycles. The van der Waals surface area contributed by atoms with Crippen LogP contribution in [0.25, 0.3) is 0 Å². The number of nitrogens with one attached hydrogen (secondary N) is 1. The first-order valence-electron chi connectivity index (χ1n) is 9.11. The highest BCUT2D eigenvalue weighted by molar-refractivity contribution is 7.89. The van der Waals surface area contributed by atoms with Crippen molar-refractivity contribution in [3.05, 3.63) is 54.1 Å². The molecule has 0 bridgehead atoms. The van der Waals surface area contributed by atoms with Crippen LogP contribution < -0.4 is 14.4 Å². The highest BCUT2D eigenvalue weighted by Gasteiger charge is 2.26. The van der Waals surface area contributed by atoms with E-state index in [0.29, 0.717) is 31.0 Å². The minimum atomic E-state index is -3.72. The number of hydrogen-bond donors (Lipinski definition) is 1. The van der Waals surface area contributed by atoms with Gasteiger partial charge in [-0.3, -0.25) is 4.79 Å². The lowest BCUT2D eigenvalue weighted by Gasteiger charge is -2.20. The van der Waals surface area contributed by atoms with Gasteiger partial charge in [-0.1, -0.05) is 30.3 Å².